The van der Waals surface area contributed by atoms with E-state index in [9.17, 15) is 4.39 Å². The lowest BCUT2D eigenvalue weighted by molar-refractivity contribution is 0.122. The Morgan fingerprint density at radius 2 is 2.17 bits per heavy atom. The van der Waals surface area contributed by atoms with E-state index in [2.05, 4.69) is 10.2 Å². The first-order valence-electron chi connectivity index (χ1n) is 6.10. The van der Waals surface area contributed by atoms with Crippen LogP contribution in [0.4, 0.5) is 4.39 Å². The molecule has 1 atom stereocenters. The maximum absolute atomic E-state index is 13.6. The van der Waals surface area contributed by atoms with Crippen LogP contribution in [-0.4, -0.2) is 42.3 Å². The minimum absolute atomic E-state index is 0. The van der Waals surface area contributed by atoms with E-state index in [4.69, 9.17) is 5.11 Å². The molecule has 1 fully saturated rings. The van der Waals surface area contributed by atoms with Gasteiger partial charge in [-0.15, -0.1) is 12.4 Å². The molecule has 0 bridgehead atoms. The fraction of sp³-hybridized carbons (Fsp3) is 0.538. The molecule has 2 N–H and O–H groups in total. The van der Waals surface area contributed by atoms with Crippen LogP contribution < -0.4 is 5.32 Å². The summed E-state index contributed by atoms with van der Waals surface area (Å²) >= 11 is 0. The average Bonchev–Trinajstić information content (AvgIpc) is 2.35. The second-order valence-corrected chi connectivity index (χ2v) is 4.43. The van der Waals surface area contributed by atoms with Crippen molar-refractivity contribution in [2.75, 3.05) is 26.2 Å². The molecule has 0 aromatic heterocycles. The Hall–Kier alpha value is -0.680. The molecule has 0 saturated carbocycles. The SMILES string of the molecule is Cl.OCCC1CNCCN1Cc1ccccc1F. The molecule has 1 aliphatic heterocycles. The van der Waals surface area contributed by atoms with Gasteiger partial charge in [0.05, 0.1) is 0 Å². The summed E-state index contributed by atoms with van der Waals surface area (Å²) in [7, 11) is 0. The minimum Gasteiger partial charge on any atom is -0.396 e. The van der Waals surface area contributed by atoms with Crippen molar-refractivity contribution in [3.63, 3.8) is 0 Å². The lowest BCUT2D eigenvalue weighted by Gasteiger charge is -2.36. The van der Waals surface area contributed by atoms with Crippen LogP contribution in [0.1, 0.15) is 12.0 Å². The quantitative estimate of drug-likeness (QED) is 0.871. The van der Waals surface area contributed by atoms with Gasteiger partial charge in [0.25, 0.3) is 0 Å². The monoisotopic (exact) mass is 274 g/mol. The fourth-order valence-corrected chi connectivity index (χ4v) is 2.29. The number of nitrogens with one attached hydrogen (secondary N) is 1. The van der Waals surface area contributed by atoms with E-state index in [1.165, 1.54) is 6.07 Å². The predicted octanol–water partition coefficient (Wildman–Crippen LogP) is 1.40. The molecule has 2 rings (SSSR count). The van der Waals surface area contributed by atoms with Gasteiger partial charge in [-0.2, -0.15) is 0 Å². The molecule has 1 aromatic rings. The molecule has 0 radical (unpaired) electrons. The van der Waals surface area contributed by atoms with Crippen molar-refractivity contribution in [1.29, 1.82) is 0 Å². The molecule has 0 aliphatic carbocycles. The Labute approximate surface area is 113 Å². The summed E-state index contributed by atoms with van der Waals surface area (Å²) in [5, 5.41) is 12.3. The zero-order valence-corrected chi connectivity index (χ0v) is 11.1. The molecule has 102 valence electrons. The van der Waals surface area contributed by atoms with Crippen molar-refractivity contribution in [2.45, 2.75) is 19.0 Å². The molecule has 0 spiro atoms. The Morgan fingerprint density at radius 3 is 2.89 bits per heavy atom. The van der Waals surface area contributed by atoms with Crippen LogP contribution in [0, 0.1) is 5.82 Å². The minimum atomic E-state index is -0.145. The van der Waals surface area contributed by atoms with Crippen molar-refractivity contribution in [2.24, 2.45) is 0 Å². The summed E-state index contributed by atoms with van der Waals surface area (Å²) in [6.45, 7) is 3.50. The highest BCUT2D eigenvalue weighted by Gasteiger charge is 2.22. The first kappa shape index (κ1) is 15.4. The number of hydrogen-bond donors (Lipinski definition) is 2. The van der Waals surface area contributed by atoms with Gasteiger partial charge in [-0.3, -0.25) is 4.90 Å². The first-order chi connectivity index (χ1) is 8.31. The highest BCUT2D eigenvalue weighted by Crippen LogP contribution is 2.14. The molecule has 5 heteroatoms. The molecule has 3 nitrogen and oxygen atoms in total. The van der Waals surface area contributed by atoms with Crippen molar-refractivity contribution in [1.82, 2.24) is 10.2 Å². The number of benzene rings is 1. The number of hydrogen-bond acceptors (Lipinski definition) is 3. The van der Waals surface area contributed by atoms with Gasteiger partial charge in [0, 0.05) is 44.4 Å². The van der Waals surface area contributed by atoms with Gasteiger partial charge < -0.3 is 10.4 Å². The van der Waals surface area contributed by atoms with E-state index in [1.54, 1.807) is 6.07 Å². The topological polar surface area (TPSA) is 35.5 Å². The third kappa shape index (κ3) is 3.92. The molecule has 1 heterocycles. The van der Waals surface area contributed by atoms with Crippen LogP contribution in [0.3, 0.4) is 0 Å². The van der Waals surface area contributed by atoms with E-state index in [-0.39, 0.29) is 24.8 Å². The van der Waals surface area contributed by atoms with Crippen molar-refractivity contribution in [3.05, 3.63) is 35.6 Å². The van der Waals surface area contributed by atoms with Gasteiger partial charge in [0.1, 0.15) is 5.82 Å². The number of piperazine rings is 1. The molecule has 1 unspecified atom stereocenters. The molecule has 1 aromatic carbocycles. The van der Waals surface area contributed by atoms with Gasteiger partial charge in [0.15, 0.2) is 0 Å². The maximum Gasteiger partial charge on any atom is 0.127 e. The second-order valence-electron chi connectivity index (χ2n) is 4.43. The first-order valence-corrected chi connectivity index (χ1v) is 6.10. The third-order valence-corrected chi connectivity index (χ3v) is 3.27. The smallest absolute Gasteiger partial charge is 0.127 e. The normalized spacial score (nSPS) is 20.4. The predicted molar refractivity (Wildman–Crippen MR) is 72.4 cm³/mol. The molecule has 1 saturated heterocycles. The van der Waals surface area contributed by atoms with E-state index in [0.717, 1.165) is 31.6 Å². The van der Waals surface area contributed by atoms with Gasteiger partial charge in [-0.25, -0.2) is 4.39 Å². The van der Waals surface area contributed by atoms with Crippen molar-refractivity contribution >= 4 is 12.4 Å². The van der Waals surface area contributed by atoms with Gasteiger partial charge in [-0.1, -0.05) is 18.2 Å². The number of nitrogens with zero attached hydrogens (tertiary/aromatic N) is 1. The second kappa shape index (κ2) is 7.69. The van der Waals surface area contributed by atoms with Gasteiger partial charge in [0.2, 0.25) is 0 Å². The highest BCUT2D eigenvalue weighted by molar-refractivity contribution is 5.85. The number of aliphatic hydroxyl groups excluding tert-OH is 1. The molecule has 18 heavy (non-hydrogen) atoms. The summed E-state index contributed by atoms with van der Waals surface area (Å²) in [6.07, 6.45) is 0.738. The summed E-state index contributed by atoms with van der Waals surface area (Å²) < 4.78 is 13.6. The van der Waals surface area contributed by atoms with E-state index >= 15 is 0 Å². The maximum atomic E-state index is 13.6. The number of rotatable bonds is 4. The van der Waals surface area contributed by atoms with Crippen LogP contribution in [-0.2, 0) is 6.54 Å². The van der Waals surface area contributed by atoms with Crippen LogP contribution in [0.2, 0.25) is 0 Å². The van der Waals surface area contributed by atoms with Crippen molar-refractivity contribution < 1.29 is 9.50 Å². The molecule has 1 aliphatic rings. The Bertz CT molecular complexity index is 363. The van der Waals surface area contributed by atoms with Crippen LogP contribution in [0.5, 0.6) is 0 Å². The Morgan fingerprint density at radius 1 is 1.39 bits per heavy atom. The number of halogens is 2. The van der Waals surface area contributed by atoms with E-state index in [0.29, 0.717) is 12.6 Å². The van der Waals surface area contributed by atoms with Crippen LogP contribution >= 0.6 is 12.4 Å². The average molecular weight is 275 g/mol. The molecular formula is C13H20ClFN2O. The highest BCUT2D eigenvalue weighted by atomic mass is 35.5. The Kier molecular flexibility index (Phi) is 6.57. The van der Waals surface area contributed by atoms with Gasteiger partial charge in [-0.05, 0) is 12.5 Å². The van der Waals surface area contributed by atoms with E-state index < -0.39 is 0 Å². The van der Waals surface area contributed by atoms with Crippen LogP contribution in [0.15, 0.2) is 24.3 Å². The zero-order valence-electron chi connectivity index (χ0n) is 10.3. The lowest BCUT2D eigenvalue weighted by Crippen LogP contribution is -2.51. The van der Waals surface area contributed by atoms with Gasteiger partial charge >= 0.3 is 0 Å². The number of aliphatic hydroxyl groups is 1. The summed E-state index contributed by atoms with van der Waals surface area (Å²) in [6, 6.07) is 7.20. The van der Waals surface area contributed by atoms with Crippen molar-refractivity contribution in [3.8, 4) is 0 Å². The standard InChI is InChI=1S/C13H19FN2O.ClH/c14-13-4-2-1-3-11(13)10-16-7-6-15-9-12(16)5-8-17;/h1-4,12,15,17H,5-10H2;1H. The summed E-state index contributed by atoms with van der Waals surface area (Å²) in [4.78, 5) is 2.24. The molecular weight excluding hydrogens is 255 g/mol. The third-order valence-electron chi connectivity index (χ3n) is 3.27. The zero-order chi connectivity index (χ0) is 12.1. The summed E-state index contributed by atoms with van der Waals surface area (Å²) in [5.41, 5.74) is 0.734. The molecule has 0 amide bonds. The van der Waals surface area contributed by atoms with Crippen LogP contribution in [0.25, 0.3) is 0 Å². The Balaban J connectivity index is 0.00000162. The lowest BCUT2D eigenvalue weighted by atomic mass is 10.1. The largest absolute Gasteiger partial charge is 0.396 e. The fourth-order valence-electron chi connectivity index (χ4n) is 2.29. The van der Waals surface area contributed by atoms with E-state index in [1.807, 2.05) is 12.1 Å². The summed E-state index contributed by atoms with van der Waals surface area (Å²) in [5.74, 6) is -0.145.